The summed E-state index contributed by atoms with van der Waals surface area (Å²) in [7, 11) is 0. The molecule has 0 spiro atoms. The van der Waals surface area contributed by atoms with E-state index in [1.807, 2.05) is 6.07 Å². The van der Waals surface area contributed by atoms with Crippen LogP contribution in [0.3, 0.4) is 0 Å². The minimum atomic E-state index is -0.0562. The van der Waals surface area contributed by atoms with Crippen LogP contribution in [0.4, 0.5) is 15.8 Å². The first-order chi connectivity index (χ1) is 7.34. The second kappa shape index (κ2) is 3.40. The Morgan fingerprint density at radius 1 is 1.20 bits per heavy atom. The van der Waals surface area contributed by atoms with Gasteiger partial charge in [0.05, 0.1) is 5.69 Å². The molecule has 1 saturated heterocycles. The molecule has 0 unspecified atom stereocenters. The van der Waals surface area contributed by atoms with Crippen LogP contribution in [0.25, 0.3) is 0 Å². The minimum absolute atomic E-state index is 0.0562. The monoisotopic (exact) mass is 206 g/mol. The average Bonchev–Trinajstić information content (AvgIpc) is 2.85. The Hall–Kier alpha value is -1.25. The topological polar surface area (TPSA) is 15.3 Å². The molecule has 0 amide bonds. The molecular weight excluding hydrogens is 191 g/mol. The number of nitrogens with one attached hydrogen (secondary N) is 1. The van der Waals surface area contributed by atoms with E-state index in [0.717, 1.165) is 43.0 Å². The molecule has 1 aromatic carbocycles. The first kappa shape index (κ1) is 9.01. The maximum absolute atomic E-state index is 13.8. The Morgan fingerprint density at radius 3 is 2.80 bits per heavy atom. The molecule has 0 atom stereocenters. The third-order valence-electron chi connectivity index (χ3n) is 3.33. The van der Waals surface area contributed by atoms with Crippen molar-refractivity contribution in [2.45, 2.75) is 19.3 Å². The van der Waals surface area contributed by atoms with E-state index in [1.165, 1.54) is 12.8 Å². The van der Waals surface area contributed by atoms with Crippen molar-refractivity contribution in [2.75, 3.05) is 29.9 Å². The van der Waals surface area contributed by atoms with Crippen LogP contribution in [0.15, 0.2) is 12.1 Å². The van der Waals surface area contributed by atoms with Crippen LogP contribution in [-0.2, 0) is 6.42 Å². The molecule has 3 rings (SSSR count). The molecule has 0 bridgehead atoms. The summed E-state index contributed by atoms with van der Waals surface area (Å²) in [6.07, 6.45) is 3.32. The highest BCUT2D eigenvalue weighted by Gasteiger charge is 2.20. The third-order valence-corrected chi connectivity index (χ3v) is 3.33. The van der Waals surface area contributed by atoms with Gasteiger partial charge >= 0.3 is 0 Å². The van der Waals surface area contributed by atoms with E-state index in [-0.39, 0.29) is 5.82 Å². The zero-order chi connectivity index (χ0) is 10.3. The van der Waals surface area contributed by atoms with Gasteiger partial charge in [0.25, 0.3) is 0 Å². The SMILES string of the molecule is Fc1cc2c(cc1N1CCCC1)NCC2. The second-order valence-electron chi connectivity index (χ2n) is 4.33. The highest BCUT2D eigenvalue weighted by Crippen LogP contribution is 2.32. The van der Waals surface area contributed by atoms with Gasteiger partial charge in [0.1, 0.15) is 5.82 Å². The van der Waals surface area contributed by atoms with E-state index < -0.39 is 0 Å². The Balaban J connectivity index is 2.00. The molecule has 1 N–H and O–H groups in total. The molecule has 0 aromatic heterocycles. The van der Waals surface area contributed by atoms with Crippen LogP contribution in [0, 0.1) is 5.82 Å². The standard InChI is InChI=1S/C12H15FN2/c13-10-7-9-3-4-14-11(9)8-12(10)15-5-1-2-6-15/h7-8,14H,1-6H2. The van der Waals surface area contributed by atoms with Crippen LogP contribution in [-0.4, -0.2) is 19.6 Å². The van der Waals surface area contributed by atoms with Crippen molar-refractivity contribution >= 4 is 11.4 Å². The van der Waals surface area contributed by atoms with E-state index in [2.05, 4.69) is 10.2 Å². The van der Waals surface area contributed by atoms with Crippen molar-refractivity contribution in [3.63, 3.8) is 0 Å². The highest BCUT2D eigenvalue weighted by molar-refractivity contribution is 5.65. The van der Waals surface area contributed by atoms with Crippen LogP contribution >= 0.6 is 0 Å². The fourth-order valence-electron chi connectivity index (χ4n) is 2.51. The summed E-state index contributed by atoms with van der Waals surface area (Å²) in [5.41, 5.74) is 3.02. The zero-order valence-electron chi connectivity index (χ0n) is 8.72. The number of halogens is 1. The van der Waals surface area contributed by atoms with E-state index in [4.69, 9.17) is 0 Å². The van der Waals surface area contributed by atoms with Crippen molar-refractivity contribution in [1.29, 1.82) is 0 Å². The summed E-state index contributed by atoms with van der Waals surface area (Å²) in [5.74, 6) is -0.0562. The van der Waals surface area contributed by atoms with Gasteiger partial charge in [-0.25, -0.2) is 4.39 Å². The maximum atomic E-state index is 13.8. The van der Waals surface area contributed by atoms with Crippen molar-refractivity contribution in [3.8, 4) is 0 Å². The number of hydrogen-bond donors (Lipinski definition) is 1. The van der Waals surface area contributed by atoms with E-state index in [1.54, 1.807) is 6.07 Å². The van der Waals surface area contributed by atoms with E-state index in [0.29, 0.717) is 0 Å². The van der Waals surface area contributed by atoms with E-state index in [9.17, 15) is 4.39 Å². The predicted octanol–water partition coefficient (Wildman–Crippen LogP) is 2.39. The van der Waals surface area contributed by atoms with E-state index >= 15 is 0 Å². The molecule has 2 aliphatic heterocycles. The molecule has 2 nitrogen and oxygen atoms in total. The van der Waals surface area contributed by atoms with Gasteiger partial charge in [-0.15, -0.1) is 0 Å². The van der Waals surface area contributed by atoms with Crippen molar-refractivity contribution in [2.24, 2.45) is 0 Å². The van der Waals surface area contributed by atoms with Gasteiger partial charge in [-0.2, -0.15) is 0 Å². The van der Waals surface area contributed by atoms with Crippen LogP contribution in [0.5, 0.6) is 0 Å². The first-order valence-corrected chi connectivity index (χ1v) is 5.66. The largest absolute Gasteiger partial charge is 0.384 e. The Morgan fingerprint density at radius 2 is 2.00 bits per heavy atom. The lowest BCUT2D eigenvalue weighted by Crippen LogP contribution is -2.19. The van der Waals surface area contributed by atoms with Gasteiger partial charge in [0, 0.05) is 25.3 Å². The molecule has 1 fully saturated rings. The van der Waals surface area contributed by atoms with Crippen LogP contribution in [0.1, 0.15) is 18.4 Å². The molecule has 0 aliphatic carbocycles. The van der Waals surface area contributed by atoms with Gasteiger partial charge < -0.3 is 10.2 Å². The molecule has 2 aliphatic rings. The molecule has 2 heterocycles. The number of hydrogen-bond acceptors (Lipinski definition) is 2. The maximum Gasteiger partial charge on any atom is 0.146 e. The van der Waals surface area contributed by atoms with Gasteiger partial charge in [0.15, 0.2) is 0 Å². The zero-order valence-corrected chi connectivity index (χ0v) is 8.72. The molecule has 80 valence electrons. The molecule has 0 saturated carbocycles. The fraction of sp³-hybridized carbons (Fsp3) is 0.500. The van der Waals surface area contributed by atoms with Gasteiger partial charge in [-0.05, 0) is 37.0 Å². The van der Waals surface area contributed by atoms with Gasteiger partial charge in [-0.3, -0.25) is 0 Å². The summed E-state index contributed by atoms with van der Waals surface area (Å²) in [5, 5.41) is 3.30. The Labute approximate surface area is 89.1 Å². The van der Waals surface area contributed by atoms with Crippen molar-refractivity contribution in [3.05, 3.63) is 23.5 Å². The number of benzene rings is 1. The summed E-state index contributed by atoms with van der Waals surface area (Å²) >= 11 is 0. The lowest BCUT2D eigenvalue weighted by molar-refractivity contribution is 0.622. The molecule has 0 radical (unpaired) electrons. The van der Waals surface area contributed by atoms with Gasteiger partial charge in [-0.1, -0.05) is 0 Å². The first-order valence-electron chi connectivity index (χ1n) is 5.66. The average molecular weight is 206 g/mol. The minimum Gasteiger partial charge on any atom is -0.384 e. The van der Waals surface area contributed by atoms with Crippen molar-refractivity contribution in [1.82, 2.24) is 0 Å². The normalized spacial score (nSPS) is 19.1. The molecular formula is C12H15FN2. The summed E-state index contributed by atoms with van der Waals surface area (Å²) in [6, 6.07) is 3.67. The lowest BCUT2D eigenvalue weighted by Gasteiger charge is -2.19. The second-order valence-corrected chi connectivity index (χ2v) is 4.33. The third kappa shape index (κ3) is 1.46. The highest BCUT2D eigenvalue weighted by atomic mass is 19.1. The van der Waals surface area contributed by atoms with Crippen LogP contribution in [0.2, 0.25) is 0 Å². The molecule has 15 heavy (non-hydrogen) atoms. The predicted molar refractivity (Wildman–Crippen MR) is 60.0 cm³/mol. The lowest BCUT2D eigenvalue weighted by atomic mass is 10.1. The fourth-order valence-corrected chi connectivity index (χ4v) is 2.51. The Bertz CT molecular complexity index is 383. The quantitative estimate of drug-likeness (QED) is 0.759. The number of fused-ring (bicyclic) bond motifs is 1. The molecule has 1 aromatic rings. The van der Waals surface area contributed by atoms with Gasteiger partial charge in [0.2, 0.25) is 0 Å². The number of anilines is 2. The number of rotatable bonds is 1. The smallest absolute Gasteiger partial charge is 0.146 e. The molecule has 3 heteroatoms. The Kier molecular flexibility index (Phi) is 2.04. The van der Waals surface area contributed by atoms with Crippen LogP contribution < -0.4 is 10.2 Å². The summed E-state index contributed by atoms with van der Waals surface area (Å²) < 4.78 is 13.8. The summed E-state index contributed by atoms with van der Waals surface area (Å²) in [4.78, 5) is 2.15. The van der Waals surface area contributed by atoms with Crippen molar-refractivity contribution < 1.29 is 4.39 Å². The summed E-state index contributed by atoms with van der Waals surface area (Å²) in [6.45, 7) is 2.93. The number of nitrogens with zero attached hydrogens (tertiary/aromatic N) is 1.